The number of hydrogen-bond acceptors (Lipinski definition) is 7. The summed E-state index contributed by atoms with van der Waals surface area (Å²) in [6, 6.07) is 5.16. The van der Waals surface area contributed by atoms with Gasteiger partial charge in [-0.3, -0.25) is 19.4 Å². The monoisotopic (exact) mass is 509 g/mol. The van der Waals surface area contributed by atoms with Crippen LogP contribution in [0.3, 0.4) is 0 Å². The molecule has 10 heteroatoms. The molecule has 4 rings (SSSR count). The summed E-state index contributed by atoms with van der Waals surface area (Å²) in [6.07, 6.45) is 4.98. The largest absolute Gasteiger partial charge is 0.489 e. The van der Waals surface area contributed by atoms with Gasteiger partial charge in [0, 0.05) is 44.4 Å². The van der Waals surface area contributed by atoms with Crippen molar-refractivity contribution in [2.24, 2.45) is 7.05 Å². The Morgan fingerprint density at radius 1 is 1.19 bits per heavy atom. The lowest BCUT2D eigenvalue weighted by Crippen LogP contribution is -2.59. The van der Waals surface area contributed by atoms with E-state index in [9.17, 15) is 4.79 Å². The molecule has 198 valence electrons. The molecule has 9 nitrogen and oxygen atoms in total. The number of fused-ring (bicyclic) bond motifs is 1. The zero-order valence-electron chi connectivity index (χ0n) is 22.5. The predicted molar refractivity (Wildman–Crippen MR) is 141 cm³/mol. The molecule has 0 saturated carbocycles. The molecule has 0 radical (unpaired) electrons. The van der Waals surface area contributed by atoms with Gasteiger partial charge in [-0.2, -0.15) is 10.4 Å². The van der Waals surface area contributed by atoms with E-state index in [-0.39, 0.29) is 42.2 Å². The number of aromatic nitrogens is 4. The van der Waals surface area contributed by atoms with Crippen molar-refractivity contribution in [3.05, 3.63) is 46.4 Å². The summed E-state index contributed by atoms with van der Waals surface area (Å²) >= 11 is 0. The lowest BCUT2D eigenvalue weighted by atomic mass is 9.98. The molecule has 0 amide bonds. The van der Waals surface area contributed by atoms with E-state index in [4.69, 9.17) is 10.00 Å². The van der Waals surface area contributed by atoms with Crippen LogP contribution < -0.4 is 15.2 Å². The molecule has 4 heterocycles. The highest BCUT2D eigenvalue weighted by Gasteiger charge is 2.37. The lowest BCUT2D eigenvalue weighted by molar-refractivity contribution is 0.0969. The number of anilines is 1. The number of ether oxygens (including phenoxy) is 1. The van der Waals surface area contributed by atoms with Crippen LogP contribution in [0.2, 0.25) is 0 Å². The maximum absolute atomic E-state index is 15.1. The van der Waals surface area contributed by atoms with Crippen molar-refractivity contribution < 1.29 is 9.13 Å². The maximum Gasteiger partial charge on any atom is 0.252 e. The fourth-order valence-electron chi connectivity index (χ4n) is 5.30. The van der Waals surface area contributed by atoms with Crippen molar-refractivity contribution in [3.63, 3.8) is 0 Å². The summed E-state index contributed by atoms with van der Waals surface area (Å²) < 4.78 is 23.9. The second-order valence-corrected chi connectivity index (χ2v) is 10.00. The molecule has 0 aromatic carbocycles. The third-order valence-electron chi connectivity index (χ3n) is 7.27. The van der Waals surface area contributed by atoms with Gasteiger partial charge in [0.2, 0.25) is 0 Å². The van der Waals surface area contributed by atoms with Gasteiger partial charge >= 0.3 is 0 Å². The Morgan fingerprint density at radius 3 is 2.54 bits per heavy atom. The van der Waals surface area contributed by atoms with E-state index in [1.165, 1.54) is 6.07 Å². The van der Waals surface area contributed by atoms with Gasteiger partial charge in [-0.15, -0.1) is 0 Å². The standard InChI is InChI=1S/C27H36FN7O2/c1-7-19-15-35(23-12-25(36)32(6)24-16-33(10-9-29)31-27(23)24)20(8-2)14-34(19)18(5)26-22(28)11-21(13-30-26)37-17(3)4/h11-13,16-20H,7-8,10,14-15H2,1-6H3/t18?,19-,20+/m1/s1. The van der Waals surface area contributed by atoms with Gasteiger partial charge in [0.15, 0.2) is 0 Å². The van der Waals surface area contributed by atoms with Crippen LogP contribution in [0.4, 0.5) is 10.1 Å². The number of halogens is 1. The Bertz CT molecular complexity index is 1360. The van der Waals surface area contributed by atoms with Gasteiger partial charge in [-0.05, 0) is 33.6 Å². The summed E-state index contributed by atoms with van der Waals surface area (Å²) in [5, 5.41) is 13.8. The third-order valence-corrected chi connectivity index (χ3v) is 7.27. The van der Waals surface area contributed by atoms with Gasteiger partial charge in [0.25, 0.3) is 5.56 Å². The van der Waals surface area contributed by atoms with Crippen LogP contribution in [0.5, 0.6) is 5.75 Å². The van der Waals surface area contributed by atoms with E-state index in [2.05, 4.69) is 39.8 Å². The third kappa shape index (κ3) is 5.18. The first-order valence-electron chi connectivity index (χ1n) is 13.0. The molecule has 0 bridgehead atoms. The molecule has 37 heavy (non-hydrogen) atoms. The fourth-order valence-corrected chi connectivity index (χ4v) is 5.30. The molecule has 0 N–H and O–H groups in total. The Hall–Kier alpha value is -3.45. The van der Waals surface area contributed by atoms with E-state index in [1.54, 1.807) is 34.8 Å². The van der Waals surface area contributed by atoms with Crippen LogP contribution >= 0.6 is 0 Å². The second-order valence-electron chi connectivity index (χ2n) is 10.00. The molecular formula is C27H36FN7O2. The van der Waals surface area contributed by atoms with Gasteiger partial charge in [0.05, 0.1) is 47.5 Å². The number of piperazine rings is 1. The highest BCUT2D eigenvalue weighted by Crippen LogP contribution is 2.35. The first-order valence-corrected chi connectivity index (χ1v) is 13.0. The molecule has 3 atom stereocenters. The average Bonchev–Trinajstić information content (AvgIpc) is 3.29. The van der Waals surface area contributed by atoms with Crippen molar-refractivity contribution in [1.82, 2.24) is 24.2 Å². The van der Waals surface area contributed by atoms with Crippen molar-refractivity contribution in [1.29, 1.82) is 5.26 Å². The van der Waals surface area contributed by atoms with Gasteiger partial charge in [0.1, 0.15) is 23.6 Å². The summed E-state index contributed by atoms with van der Waals surface area (Å²) in [7, 11) is 1.72. The highest BCUT2D eigenvalue weighted by atomic mass is 19.1. The minimum absolute atomic E-state index is 0.0556. The quantitative estimate of drug-likeness (QED) is 0.453. The smallest absolute Gasteiger partial charge is 0.252 e. The van der Waals surface area contributed by atoms with E-state index < -0.39 is 0 Å². The fraction of sp³-hybridized carbons (Fsp3) is 0.556. The molecule has 3 aromatic rings. The summed E-state index contributed by atoms with van der Waals surface area (Å²) in [6.45, 7) is 11.5. The molecule has 1 saturated heterocycles. The zero-order chi connectivity index (χ0) is 26.9. The topological polar surface area (TPSA) is 92.2 Å². The number of aryl methyl sites for hydroxylation is 1. The number of rotatable bonds is 8. The minimum atomic E-state index is -0.368. The van der Waals surface area contributed by atoms with Crippen molar-refractivity contribution in [2.45, 2.75) is 78.2 Å². The van der Waals surface area contributed by atoms with Crippen molar-refractivity contribution in [2.75, 3.05) is 18.0 Å². The molecular weight excluding hydrogens is 473 g/mol. The lowest BCUT2D eigenvalue weighted by Gasteiger charge is -2.49. The number of nitriles is 1. The van der Waals surface area contributed by atoms with Crippen molar-refractivity contribution in [3.8, 4) is 11.8 Å². The highest BCUT2D eigenvalue weighted by molar-refractivity contribution is 5.88. The van der Waals surface area contributed by atoms with E-state index in [0.29, 0.717) is 35.6 Å². The van der Waals surface area contributed by atoms with Crippen LogP contribution in [-0.4, -0.2) is 55.5 Å². The van der Waals surface area contributed by atoms with E-state index >= 15 is 4.39 Å². The molecule has 1 aliphatic rings. The molecule has 1 aliphatic heterocycles. The molecule has 3 aromatic heterocycles. The number of hydrogen-bond donors (Lipinski definition) is 0. The van der Waals surface area contributed by atoms with Gasteiger partial charge in [-0.1, -0.05) is 13.8 Å². The second kappa shape index (κ2) is 10.9. The van der Waals surface area contributed by atoms with Gasteiger partial charge in [-0.25, -0.2) is 4.39 Å². The van der Waals surface area contributed by atoms with E-state index in [1.807, 2.05) is 20.8 Å². The average molecular weight is 510 g/mol. The number of pyridine rings is 2. The first-order chi connectivity index (χ1) is 17.7. The number of nitrogens with zero attached hydrogens (tertiary/aromatic N) is 7. The van der Waals surface area contributed by atoms with Gasteiger partial charge < -0.3 is 14.2 Å². The maximum atomic E-state index is 15.1. The Kier molecular flexibility index (Phi) is 7.83. The van der Waals surface area contributed by atoms with E-state index in [0.717, 1.165) is 18.5 Å². The predicted octanol–water partition coefficient (Wildman–Crippen LogP) is 4.02. The first kappa shape index (κ1) is 26.6. The zero-order valence-corrected chi connectivity index (χ0v) is 22.5. The minimum Gasteiger partial charge on any atom is -0.489 e. The summed E-state index contributed by atoms with van der Waals surface area (Å²) in [5.41, 5.74) is 2.48. The summed E-state index contributed by atoms with van der Waals surface area (Å²) in [5.74, 6) is 0.0598. The summed E-state index contributed by atoms with van der Waals surface area (Å²) in [4.78, 5) is 21.9. The Morgan fingerprint density at radius 2 is 1.92 bits per heavy atom. The molecule has 1 unspecified atom stereocenters. The van der Waals surface area contributed by atoms with Crippen LogP contribution in [0.15, 0.2) is 29.3 Å². The van der Waals surface area contributed by atoms with Crippen LogP contribution in [0.1, 0.15) is 59.2 Å². The Balaban J connectivity index is 1.68. The van der Waals surface area contributed by atoms with Crippen LogP contribution in [-0.2, 0) is 13.6 Å². The van der Waals surface area contributed by atoms with Crippen molar-refractivity contribution >= 4 is 16.7 Å². The molecule has 0 aliphatic carbocycles. The SMILES string of the molecule is CC[C@H]1CN(C(C)c2ncc(OC(C)C)cc2F)[C@H](CC)CN1c1cc(=O)n(C)c2cn(CC#N)nc12. The van der Waals surface area contributed by atoms with Crippen LogP contribution in [0, 0.1) is 17.1 Å². The van der Waals surface area contributed by atoms with Crippen LogP contribution in [0.25, 0.3) is 11.0 Å². The normalized spacial score (nSPS) is 19.4. The Labute approximate surface area is 217 Å². The molecule has 0 spiro atoms. The molecule has 1 fully saturated rings.